The molecule has 2 unspecified atom stereocenters. The normalized spacial score (nSPS) is 27.5. The summed E-state index contributed by atoms with van der Waals surface area (Å²) in [7, 11) is 0. The predicted octanol–water partition coefficient (Wildman–Crippen LogP) is 2.25. The fourth-order valence-electron chi connectivity index (χ4n) is 2.64. The number of hydrogen-bond donors (Lipinski definition) is 2. The zero-order chi connectivity index (χ0) is 14.5. The maximum Gasteiger partial charge on any atom is 0.170 e. The Morgan fingerprint density at radius 3 is 2.65 bits per heavy atom. The van der Waals surface area contributed by atoms with E-state index in [9.17, 15) is 0 Å². The number of ether oxygens (including phenoxy) is 2. The van der Waals surface area contributed by atoms with E-state index in [1.807, 2.05) is 24.3 Å². The van der Waals surface area contributed by atoms with E-state index in [1.165, 1.54) is 0 Å². The van der Waals surface area contributed by atoms with Crippen molar-refractivity contribution in [2.75, 3.05) is 0 Å². The Labute approximate surface area is 119 Å². The third kappa shape index (κ3) is 3.71. The summed E-state index contributed by atoms with van der Waals surface area (Å²) in [6, 6.07) is 7.53. The van der Waals surface area contributed by atoms with Gasteiger partial charge in [-0.2, -0.15) is 0 Å². The van der Waals surface area contributed by atoms with Crippen molar-refractivity contribution in [2.45, 2.75) is 51.6 Å². The first-order valence-corrected chi connectivity index (χ1v) is 6.93. The predicted molar refractivity (Wildman–Crippen MR) is 76.8 cm³/mol. The number of rotatable bonds is 4. The van der Waals surface area contributed by atoms with Crippen molar-refractivity contribution in [1.29, 1.82) is 0 Å². The van der Waals surface area contributed by atoms with Gasteiger partial charge in [0.25, 0.3) is 0 Å². The third-order valence-electron chi connectivity index (χ3n) is 3.53. The highest BCUT2D eigenvalue weighted by Crippen LogP contribution is 2.23. The summed E-state index contributed by atoms with van der Waals surface area (Å²) in [5, 5.41) is 11.9. The lowest BCUT2D eigenvalue weighted by atomic mass is 10.0. The van der Waals surface area contributed by atoms with Crippen LogP contribution in [0.5, 0.6) is 0 Å². The van der Waals surface area contributed by atoms with E-state index >= 15 is 0 Å². The Morgan fingerprint density at radius 1 is 1.35 bits per heavy atom. The zero-order valence-corrected chi connectivity index (χ0v) is 12.0. The van der Waals surface area contributed by atoms with Crippen LogP contribution in [0.15, 0.2) is 29.4 Å². The van der Waals surface area contributed by atoms with E-state index in [0.29, 0.717) is 12.2 Å². The van der Waals surface area contributed by atoms with Crippen LogP contribution in [0.3, 0.4) is 0 Å². The van der Waals surface area contributed by atoms with Gasteiger partial charge in [0, 0.05) is 5.56 Å². The molecular weight excluding hydrogens is 256 g/mol. The van der Waals surface area contributed by atoms with Gasteiger partial charge < -0.3 is 20.4 Å². The molecule has 0 aromatic heterocycles. The SMILES string of the molecule is CC1CC(OCc2ccccc2/C(N)=N/O)CC(C)O1. The van der Waals surface area contributed by atoms with Gasteiger partial charge in [0.2, 0.25) is 0 Å². The fourth-order valence-corrected chi connectivity index (χ4v) is 2.64. The van der Waals surface area contributed by atoms with Crippen LogP contribution in [-0.2, 0) is 16.1 Å². The molecular formula is C15H22N2O3. The quantitative estimate of drug-likeness (QED) is 0.383. The highest BCUT2D eigenvalue weighted by atomic mass is 16.5. The van der Waals surface area contributed by atoms with Gasteiger partial charge >= 0.3 is 0 Å². The van der Waals surface area contributed by atoms with Crippen molar-refractivity contribution >= 4 is 5.84 Å². The average Bonchev–Trinajstić information content (AvgIpc) is 2.43. The van der Waals surface area contributed by atoms with E-state index in [2.05, 4.69) is 19.0 Å². The molecule has 0 spiro atoms. The lowest BCUT2D eigenvalue weighted by Crippen LogP contribution is -2.34. The van der Waals surface area contributed by atoms with E-state index in [-0.39, 0.29) is 24.1 Å². The molecule has 1 heterocycles. The average molecular weight is 278 g/mol. The second-order valence-corrected chi connectivity index (χ2v) is 5.30. The van der Waals surface area contributed by atoms with Crippen molar-refractivity contribution in [3.8, 4) is 0 Å². The Balaban J connectivity index is 2.00. The summed E-state index contributed by atoms with van der Waals surface area (Å²) in [4.78, 5) is 0. The molecule has 20 heavy (non-hydrogen) atoms. The highest BCUT2D eigenvalue weighted by Gasteiger charge is 2.25. The van der Waals surface area contributed by atoms with E-state index in [0.717, 1.165) is 18.4 Å². The van der Waals surface area contributed by atoms with Crippen molar-refractivity contribution in [2.24, 2.45) is 10.9 Å². The van der Waals surface area contributed by atoms with Gasteiger partial charge in [0.15, 0.2) is 5.84 Å². The number of nitrogens with two attached hydrogens (primary N) is 1. The zero-order valence-electron chi connectivity index (χ0n) is 12.0. The highest BCUT2D eigenvalue weighted by molar-refractivity contribution is 5.98. The number of nitrogens with zero attached hydrogens (tertiary/aromatic N) is 1. The maximum atomic E-state index is 8.80. The van der Waals surface area contributed by atoms with Gasteiger partial charge in [-0.1, -0.05) is 29.4 Å². The largest absolute Gasteiger partial charge is 0.409 e. The molecule has 1 aromatic carbocycles. The van der Waals surface area contributed by atoms with Crippen LogP contribution in [0.1, 0.15) is 37.8 Å². The van der Waals surface area contributed by atoms with Crippen LogP contribution in [0, 0.1) is 0 Å². The second-order valence-electron chi connectivity index (χ2n) is 5.30. The Morgan fingerprint density at radius 2 is 2.00 bits per heavy atom. The Hall–Kier alpha value is -1.59. The molecule has 1 saturated heterocycles. The Bertz CT molecular complexity index is 466. The van der Waals surface area contributed by atoms with Crippen LogP contribution in [0.2, 0.25) is 0 Å². The summed E-state index contributed by atoms with van der Waals surface area (Å²) < 4.78 is 11.7. The van der Waals surface area contributed by atoms with Crippen LogP contribution in [-0.4, -0.2) is 29.4 Å². The van der Waals surface area contributed by atoms with Crippen LogP contribution in [0.4, 0.5) is 0 Å². The van der Waals surface area contributed by atoms with Crippen molar-refractivity contribution in [3.05, 3.63) is 35.4 Å². The molecule has 1 aromatic rings. The molecule has 110 valence electrons. The van der Waals surface area contributed by atoms with Gasteiger partial charge in [-0.15, -0.1) is 0 Å². The van der Waals surface area contributed by atoms with E-state index in [1.54, 1.807) is 0 Å². The Kier molecular flexibility index (Phi) is 4.98. The van der Waals surface area contributed by atoms with Gasteiger partial charge in [-0.25, -0.2) is 0 Å². The van der Waals surface area contributed by atoms with Crippen LogP contribution in [0.25, 0.3) is 0 Å². The topological polar surface area (TPSA) is 77.1 Å². The summed E-state index contributed by atoms with van der Waals surface area (Å²) in [5.74, 6) is 0.109. The summed E-state index contributed by atoms with van der Waals surface area (Å²) in [5.41, 5.74) is 7.31. The molecule has 0 amide bonds. The van der Waals surface area contributed by atoms with Crippen molar-refractivity contribution < 1.29 is 14.7 Å². The molecule has 3 N–H and O–H groups in total. The fraction of sp³-hybridized carbons (Fsp3) is 0.533. The second kappa shape index (κ2) is 6.72. The van der Waals surface area contributed by atoms with Crippen LogP contribution >= 0.6 is 0 Å². The first kappa shape index (κ1) is 14.8. The molecule has 0 aliphatic carbocycles. The first-order valence-electron chi connectivity index (χ1n) is 6.93. The minimum Gasteiger partial charge on any atom is -0.409 e. The molecule has 1 fully saturated rings. The monoisotopic (exact) mass is 278 g/mol. The summed E-state index contributed by atoms with van der Waals surface area (Å²) in [6.07, 6.45) is 2.44. The van der Waals surface area contributed by atoms with Gasteiger partial charge in [0.1, 0.15) is 0 Å². The van der Waals surface area contributed by atoms with Crippen molar-refractivity contribution in [3.63, 3.8) is 0 Å². The number of oxime groups is 1. The molecule has 0 bridgehead atoms. The number of amidine groups is 1. The molecule has 5 nitrogen and oxygen atoms in total. The lowest BCUT2D eigenvalue weighted by molar-refractivity contribution is -0.106. The minimum absolute atomic E-state index is 0.109. The lowest BCUT2D eigenvalue weighted by Gasteiger charge is -2.32. The van der Waals surface area contributed by atoms with Gasteiger partial charge in [-0.3, -0.25) is 0 Å². The molecule has 1 aliphatic heterocycles. The summed E-state index contributed by atoms with van der Waals surface area (Å²) >= 11 is 0. The molecule has 2 atom stereocenters. The molecule has 1 aliphatic rings. The van der Waals surface area contributed by atoms with E-state index < -0.39 is 0 Å². The molecule has 2 rings (SSSR count). The summed E-state index contributed by atoms with van der Waals surface area (Å²) in [6.45, 7) is 4.59. The molecule has 5 heteroatoms. The first-order chi connectivity index (χ1) is 9.60. The molecule has 0 saturated carbocycles. The van der Waals surface area contributed by atoms with E-state index in [4.69, 9.17) is 20.4 Å². The number of benzene rings is 1. The minimum atomic E-state index is 0.109. The van der Waals surface area contributed by atoms with Gasteiger partial charge in [0.05, 0.1) is 24.9 Å². The number of hydrogen-bond acceptors (Lipinski definition) is 4. The third-order valence-corrected chi connectivity index (χ3v) is 3.53. The van der Waals surface area contributed by atoms with Crippen molar-refractivity contribution in [1.82, 2.24) is 0 Å². The smallest absolute Gasteiger partial charge is 0.170 e. The standard InChI is InChI=1S/C15H22N2O3/c1-10-7-13(8-11(2)20-10)19-9-12-5-3-4-6-14(12)15(16)17-18/h3-6,10-11,13,18H,7-9H2,1-2H3,(H2,16,17). The van der Waals surface area contributed by atoms with Gasteiger partial charge in [-0.05, 0) is 32.3 Å². The maximum absolute atomic E-state index is 8.80. The van der Waals surface area contributed by atoms with Crippen LogP contribution < -0.4 is 5.73 Å². The molecule has 0 radical (unpaired) electrons.